The number of carbonyl (C=O) groups excluding carboxylic acids is 1. The van der Waals surface area contributed by atoms with Gasteiger partial charge in [0.05, 0.1) is 0 Å². The summed E-state index contributed by atoms with van der Waals surface area (Å²) in [4.78, 5) is 27.5. The van der Waals surface area contributed by atoms with Gasteiger partial charge in [-0.05, 0) is 11.5 Å². The Morgan fingerprint density at radius 1 is 1.30 bits per heavy atom. The zero-order chi connectivity index (χ0) is 14.5. The lowest BCUT2D eigenvalue weighted by Crippen LogP contribution is -2.30. The molecule has 2 aromatic rings. The van der Waals surface area contributed by atoms with Gasteiger partial charge in [-0.1, -0.05) is 24.3 Å². The molecule has 0 spiro atoms. The third-order valence-electron chi connectivity index (χ3n) is 2.85. The van der Waals surface area contributed by atoms with E-state index in [-0.39, 0.29) is 12.5 Å². The van der Waals surface area contributed by atoms with Gasteiger partial charge in [-0.15, -0.1) is 0 Å². The SMILES string of the molecule is CN(CC(=O)O)C(=O)/C=C/c1cncc2ccccc12. The number of nitrogens with zero attached hydrogens (tertiary/aromatic N) is 2. The van der Waals surface area contributed by atoms with Crippen LogP contribution < -0.4 is 0 Å². The third kappa shape index (κ3) is 3.20. The predicted octanol–water partition coefficient (Wildman–Crippen LogP) is 1.79. The van der Waals surface area contributed by atoms with Crippen LogP contribution in [0.2, 0.25) is 0 Å². The lowest BCUT2D eigenvalue weighted by molar-refractivity contribution is -0.141. The van der Waals surface area contributed by atoms with E-state index in [0.717, 1.165) is 21.2 Å². The molecule has 20 heavy (non-hydrogen) atoms. The van der Waals surface area contributed by atoms with E-state index in [1.54, 1.807) is 18.5 Å². The number of hydrogen-bond acceptors (Lipinski definition) is 3. The van der Waals surface area contributed by atoms with E-state index in [0.29, 0.717) is 0 Å². The first-order valence-electron chi connectivity index (χ1n) is 6.05. The lowest BCUT2D eigenvalue weighted by Gasteiger charge is -2.11. The quantitative estimate of drug-likeness (QED) is 0.860. The van der Waals surface area contributed by atoms with E-state index >= 15 is 0 Å². The van der Waals surface area contributed by atoms with Gasteiger partial charge in [0.2, 0.25) is 5.91 Å². The Kier molecular flexibility index (Phi) is 4.10. The standard InChI is InChI=1S/C15H14N2O3/c1-17(10-15(19)20)14(18)7-6-12-9-16-8-11-4-2-3-5-13(11)12/h2-9H,10H2,1H3,(H,19,20)/b7-6+. The minimum atomic E-state index is -1.04. The monoisotopic (exact) mass is 270 g/mol. The van der Waals surface area contributed by atoms with Gasteiger partial charge in [0, 0.05) is 36.5 Å². The van der Waals surface area contributed by atoms with Crippen LogP contribution in [-0.2, 0) is 9.59 Å². The van der Waals surface area contributed by atoms with Gasteiger partial charge in [-0.25, -0.2) is 0 Å². The average molecular weight is 270 g/mol. The summed E-state index contributed by atoms with van der Waals surface area (Å²) in [7, 11) is 1.45. The second-order valence-electron chi connectivity index (χ2n) is 4.37. The van der Waals surface area contributed by atoms with E-state index in [2.05, 4.69) is 4.98 Å². The maximum atomic E-state index is 11.7. The Labute approximate surface area is 116 Å². The number of carboxylic acids is 1. The molecule has 1 amide bonds. The molecule has 0 unspecified atom stereocenters. The molecule has 0 saturated heterocycles. The van der Waals surface area contributed by atoms with Crippen molar-refractivity contribution in [2.45, 2.75) is 0 Å². The number of carbonyl (C=O) groups is 2. The van der Waals surface area contributed by atoms with Crippen LogP contribution in [0.3, 0.4) is 0 Å². The highest BCUT2D eigenvalue weighted by Gasteiger charge is 2.08. The minimum absolute atomic E-state index is 0.322. The molecular formula is C15H14N2O3. The van der Waals surface area contributed by atoms with Crippen LogP contribution in [-0.4, -0.2) is 40.5 Å². The maximum absolute atomic E-state index is 11.7. The predicted molar refractivity (Wildman–Crippen MR) is 76.0 cm³/mol. The molecule has 1 aromatic carbocycles. The zero-order valence-corrected chi connectivity index (χ0v) is 11.0. The molecule has 0 aliphatic heterocycles. The average Bonchev–Trinajstić information content (AvgIpc) is 2.44. The van der Waals surface area contributed by atoms with Crippen molar-refractivity contribution >= 4 is 28.7 Å². The molecule has 0 aliphatic rings. The topological polar surface area (TPSA) is 70.5 Å². The third-order valence-corrected chi connectivity index (χ3v) is 2.85. The molecule has 0 atom stereocenters. The first-order chi connectivity index (χ1) is 9.58. The second kappa shape index (κ2) is 5.97. The number of amides is 1. The highest BCUT2D eigenvalue weighted by Crippen LogP contribution is 2.18. The van der Waals surface area contributed by atoms with Gasteiger partial charge in [0.25, 0.3) is 0 Å². The summed E-state index contributed by atoms with van der Waals surface area (Å²) in [6.07, 6.45) is 6.43. The molecule has 102 valence electrons. The summed E-state index contributed by atoms with van der Waals surface area (Å²) in [6.45, 7) is -0.322. The summed E-state index contributed by atoms with van der Waals surface area (Å²) in [5.41, 5.74) is 0.820. The Balaban J connectivity index is 2.21. The number of hydrogen-bond donors (Lipinski definition) is 1. The molecule has 1 heterocycles. The molecule has 0 saturated carbocycles. The molecule has 0 fully saturated rings. The van der Waals surface area contributed by atoms with E-state index in [9.17, 15) is 9.59 Å². The van der Waals surface area contributed by atoms with Gasteiger partial charge in [-0.3, -0.25) is 14.6 Å². The summed E-state index contributed by atoms with van der Waals surface area (Å²) in [5, 5.41) is 10.6. The van der Waals surface area contributed by atoms with E-state index in [4.69, 9.17) is 5.11 Å². The number of benzene rings is 1. The van der Waals surface area contributed by atoms with Crippen LogP contribution in [0.1, 0.15) is 5.56 Å². The Hall–Kier alpha value is -2.69. The normalized spacial score (nSPS) is 10.8. The summed E-state index contributed by atoms with van der Waals surface area (Å²) in [5.74, 6) is -1.40. The molecule has 5 heteroatoms. The highest BCUT2D eigenvalue weighted by molar-refractivity contribution is 5.97. The molecule has 2 rings (SSSR count). The lowest BCUT2D eigenvalue weighted by atomic mass is 10.1. The van der Waals surface area contributed by atoms with E-state index in [1.807, 2.05) is 24.3 Å². The number of aromatic nitrogens is 1. The Morgan fingerprint density at radius 2 is 2.05 bits per heavy atom. The number of aliphatic carboxylic acids is 1. The number of fused-ring (bicyclic) bond motifs is 1. The first-order valence-corrected chi connectivity index (χ1v) is 6.05. The second-order valence-corrected chi connectivity index (χ2v) is 4.37. The number of likely N-dealkylation sites (N-methyl/N-ethyl adjacent to an activating group) is 1. The number of carboxylic acid groups (broad SMARTS) is 1. The molecule has 1 aromatic heterocycles. The van der Waals surface area contributed by atoms with Crippen molar-refractivity contribution in [3.63, 3.8) is 0 Å². The molecule has 0 aliphatic carbocycles. The van der Waals surface area contributed by atoms with Crippen molar-refractivity contribution < 1.29 is 14.7 Å². The van der Waals surface area contributed by atoms with Gasteiger partial charge < -0.3 is 10.0 Å². The van der Waals surface area contributed by atoms with Gasteiger partial charge in [0.1, 0.15) is 6.54 Å². The van der Waals surface area contributed by atoms with Crippen LogP contribution in [0.5, 0.6) is 0 Å². The molecular weight excluding hydrogens is 256 g/mol. The van der Waals surface area contributed by atoms with E-state index in [1.165, 1.54) is 13.1 Å². The van der Waals surface area contributed by atoms with Crippen LogP contribution >= 0.6 is 0 Å². The van der Waals surface area contributed by atoms with Crippen molar-refractivity contribution in [2.24, 2.45) is 0 Å². The Morgan fingerprint density at radius 3 is 2.80 bits per heavy atom. The maximum Gasteiger partial charge on any atom is 0.323 e. The van der Waals surface area contributed by atoms with Gasteiger partial charge >= 0.3 is 5.97 Å². The molecule has 0 radical (unpaired) electrons. The van der Waals surface area contributed by atoms with Crippen molar-refractivity contribution in [2.75, 3.05) is 13.6 Å². The largest absolute Gasteiger partial charge is 0.480 e. The van der Waals surface area contributed by atoms with Crippen LogP contribution in [0.15, 0.2) is 42.7 Å². The molecule has 1 N–H and O–H groups in total. The zero-order valence-electron chi connectivity index (χ0n) is 11.0. The van der Waals surface area contributed by atoms with Gasteiger partial charge in [-0.2, -0.15) is 0 Å². The van der Waals surface area contributed by atoms with Gasteiger partial charge in [0.15, 0.2) is 0 Å². The fourth-order valence-electron chi connectivity index (χ4n) is 1.84. The fourth-order valence-corrected chi connectivity index (χ4v) is 1.84. The van der Waals surface area contributed by atoms with Crippen molar-refractivity contribution in [3.05, 3.63) is 48.3 Å². The number of pyridine rings is 1. The summed E-state index contributed by atoms with van der Waals surface area (Å²) < 4.78 is 0. The Bertz CT molecular complexity index is 674. The molecule has 5 nitrogen and oxygen atoms in total. The fraction of sp³-hybridized carbons (Fsp3) is 0.133. The minimum Gasteiger partial charge on any atom is -0.480 e. The molecule has 0 bridgehead atoms. The summed E-state index contributed by atoms with van der Waals surface area (Å²) >= 11 is 0. The van der Waals surface area contributed by atoms with Crippen molar-refractivity contribution in [1.29, 1.82) is 0 Å². The van der Waals surface area contributed by atoms with Crippen LogP contribution in [0.4, 0.5) is 0 Å². The summed E-state index contributed by atoms with van der Waals surface area (Å²) in [6, 6.07) is 7.72. The highest BCUT2D eigenvalue weighted by atomic mass is 16.4. The smallest absolute Gasteiger partial charge is 0.323 e. The van der Waals surface area contributed by atoms with Crippen molar-refractivity contribution in [1.82, 2.24) is 9.88 Å². The first kappa shape index (κ1) is 13.7. The van der Waals surface area contributed by atoms with Crippen LogP contribution in [0.25, 0.3) is 16.8 Å². The van der Waals surface area contributed by atoms with Crippen molar-refractivity contribution in [3.8, 4) is 0 Å². The number of rotatable bonds is 4. The van der Waals surface area contributed by atoms with E-state index < -0.39 is 5.97 Å². The van der Waals surface area contributed by atoms with Crippen LogP contribution in [0, 0.1) is 0 Å².